The first-order valence-electron chi connectivity index (χ1n) is 5.80. The molecule has 1 atom stereocenters. The number of thiophene rings is 1. The molecule has 0 saturated carbocycles. The minimum Gasteiger partial charge on any atom is -0.478 e. The predicted molar refractivity (Wildman–Crippen MR) is 78.8 cm³/mol. The highest BCUT2D eigenvalue weighted by Gasteiger charge is 2.12. The average molecular weight is 308 g/mol. The molecule has 0 fully saturated rings. The van der Waals surface area contributed by atoms with Gasteiger partial charge in [-0.05, 0) is 29.1 Å². The number of carboxylic acid groups (broad SMARTS) is 1. The van der Waals surface area contributed by atoms with Crippen molar-refractivity contribution in [3.8, 4) is 0 Å². The number of aromatic carboxylic acids is 1. The van der Waals surface area contributed by atoms with Crippen molar-refractivity contribution < 1.29 is 18.9 Å². The summed E-state index contributed by atoms with van der Waals surface area (Å²) < 4.78 is 11.9. The summed E-state index contributed by atoms with van der Waals surface area (Å²) in [5.41, 5.74) is 0.946. The molecule has 104 valence electrons. The van der Waals surface area contributed by atoms with Crippen molar-refractivity contribution in [2.75, 3.05) is 5.75 Å². The first-order chi connectivity index (χ1) is 9.56. The fraction of sp³-hybridized carbons (Fsp3) is 0.143. The van der Waals surface area contributed by atoms with Crippen molar-refractivity contribution in [1.29, 1.82) is 0 Å². The van der Waals surface area contributed by atoms with Gasteiger partial charge in [-0.15, -0.1) is 11.3 Å². The predicted octanol–water partition coefficient (Wildman–Crippen LogP) is 2.58. The van der Waals surface area contributed by atoms with Gasteiger partial charge < -0.3 is 5.11 Å². The largest absolute Gasteiger partial charge is 0.478 e. The Labute approximate surface area is 122 Å². The highest BCUT2D eigenvalue weighted by Crippen LogP contribution is 2.12. The Morgan fingerprint density at radius 2 is 1.85 bits per heavy atom. The highest BCUT2D eigenvalue weighted by atomic mass is 32.2. The Morgan fingerprint density at radius 1 is 1.15 bits per heavy atom. The highest BCUT2D eigenvalue weighted by molar-refractivity contribution is 7.85. The molecule has 1 aromatic heterocycles. The monoisotopic (exact) mass is 308 g/mol. The second kappa shape index (κ2) is 6.58. The van der Waals surface area contributed by atoms with Crippen molar-refractivity contribution in [2.24, 2.45) is 0 Å². The number of carbonyl (C=O) groups excluding carboxylic acids is 1. The quantitative estimate of drug-likeness (QED) is 0.833. The van der Waals surface area contributed by atoms with Gasteiger partial charge in [0.15, 0.2) is 5.78 Å². The first kappa shape index (κ1) is 14.6. The molecule has 1 unspecified atom stereocenters. The van der Waals surface area contributed by atoms with Crippen molar-refractivity contribution in [3.63, 3.8) is 0 Å². The van der Waals surface area contributed by atoms with Crippen LogP contribution in [0.3, 0.4) is 0 Å². The SMILES string of the molecule is O=C(O)c1ccc(CS(=O)CC(=O)c2cccs2)cc1. The standard InChI is InChI=1S/C14H12O4S2/c15-12(13-2-1-7-19-13)9-20(18)8-10-3-5-11(6-4-10)14(16)17/h1-7H,8-9H2,(H,16,17). The summed E-state index contributed by atoms with van der Waals surface area (Å²) in [5.74, 6) is -0.885. The molecule has 1 aromatic carbocycles. The molecule has 2 rings (SSSR count). The molecular weight excluding hydrogens is 296 g/mol. The molecule has 0 amide bonds. The van der Waals surface area contributed by atoms with Crippen LogP contribution in [0.4, 0.5) is 0 Å². The second-order valence-corrected chi connectivity index (χ2v) is 6.54. The van der Waals surface area contributed by atoms with Crippen LogP contribution in [0.1, 0.15) is 25.6 Å². The summed E-state index contributed by atoms with van der Waals surface area (Å²) in [6.45, 7) is 0. The van der Waals surface area contributed by atoms with E-state index < -0.39 is 16.8 Å². The second-order valence-electron chi connectivity index (χ2n) is 4.13. The topological polar surface area (TPSA) is 71.4 Å². The smallest absolute Gasteiger partial charge is 0.335 e. The van der Waals surface area contributed by atoms with Gasteiger partial charge in [0.05, 0.1) is 16.2 Å². The molecule has 20 heavy (non-hydrogen) atoms. The molecule has 6 heteroatoms. The lowest BCUT2D eigenvalue weighted by Crippen LogP contribution is -2.11. The number of carbonyl (C=O) groups is 2. The number of benzene rings is 1. The van der Waals surface area contributed by atoms with Crippen LogP contribution in [-0.2, 0) is 16.6 Å². The summed E-state index contributed by atoms with van der Waals surface area (Å²) in [6, 6.07) is 9.68. The zero-order chi connectivity index (χ0) is 14.5. The molecule has 0 aliphatic carbocycles. The van der Waals surface area contributed by atoms with Gasteiger partial charge in [0, 0.05) is 16.6 Å². The number of hydrogen-bond donors (Lipinski definition) is 1. The van der Waals surface area contributed by atoms with E-state index in [1.54, 1.807) is 29.6 Å². The number of Topliss-reactive ketones (excluding diaryl/α,β-unsaturated/α-hetero) is 1. The average Bonchev–Trinajstić information content (AvgIpc) is 2.93. The minimum atomic E-state index is -1.29. The van der Waals surface area contributed by atoms with E-state index in [2.05, 4.69) is 0 Å². The maximum atomic E-state index is 11.9. The van der Waals surface area contributed by atoms with Crippen molar-refractivity contribution in [2.45, 2.75) is 5.75 Å². The number of hydrogen-bond acceptors (Lipinski definition) is 4. The molecule has 0 spiro atoms. The van der Waals surface area contributed by atoms with Gasteiger partial charge in [-0.1, -0.05) is 18.2 Å². The maximum absolute atomic E-state index is 11.9. The van der Waals surface area contributed by atoms with Crippen LogP contribution in [-0.4, -0.2) is 26.8 Å². The lowest BCUT2D eigenvalue weighted by atomic mass is 10.1. The molecule has 0 saturated heterocycles. The Hall–Kier alpha value is -1.79. The van der Waals surface area contributed by atoms with E-state index in [1.807, 2.05) is 0 Å². The van der Waals surface area contributed by atoms with E-state index in [-0.39, 0.29) is 22.9 Å². The number of carboxylic acids is 1. The Bertz CT molecular complexity index is 630. The van der Waals surface area contributed by atoms with Crippen LogP contribution >= 0.6 is 11.3 Å². The van der Waals surface area contributed by atoms with E-state index in [4.69, 9.17) is 5.11 Å². The van der Waals surface area contributed by atoms with Crippen LogP contribution in [0.2, 0.25) is 0 Å². The van der Waals surface area contributed by atoms with Crippen LogP contribution in [0.25, 0.3) is 0 Å². The molecule has 1 N–H and O–H groups in total. The van der Waals surface area contributed by atoms with E-state index in [0.717, 1.165) is 5.56 Å². The van der Waals surface area contributed by atoms with Crippen molar-refractivity contribution in [3.05, 3.63) is 57.8 Å². The summed E-state index contributed by atoms with van der Waals surface area (Å²) in [5, 5.41) is 10.6. The fourth-order valence-corrected chi connectivity index (χ4v) is 3.51. The Kier molecular flexibility index (Phi) is 4.81. The lowest BCUT2D eigenvalue weighted by Gasteiger charge is -2.02. The molecule has 4 nitrogen and oxygen atoms in total. The summed E-state index contributed by atoms with van der Waals surface area (Å²) >= 11 is 1.34. The third kappa shape index (κ3) is 3.85. The molecule has 1 heterocycles. The molecule has 0 aliphatic heterocycles. The zero-order valence-corrected chi connectivity index (χ0v) is 12.1. The van der Waals surface area contributed by atoms with Gasteiger partial charge >= 0.3 is 5.97 Å². The summed E-state index contributed by atoms with van der Waals surface area (Å²) in [6.07, 6.45) is 0. The Morgan fingerprint density at radius 3 is 2.40 bits per heavy atom. The van der Waals surface area contributed by atoms with Crippen LogP contribution in [0.5, 0.6) is 0 Å². The molecular formula is C14H12O4S2. The van der Waals surface area contributed by atoms with Crippen molar-refractivity contribution in [1.82, 2.24) is 0 Å². The first-order valence-corrected chi connectivity index (χ1v) is 8.17. The van der Waals surface area contributed by atoms with E-state index >= 15 is 0 Å². The normalized spacial score (nSPS) is 12.0. The molecule has 0 radical (unpaired) electrons. The third-order valence-electron chi connectivity index (χ3n) is 2.62. The maximum Gasteiger partial charge on any atom is 0.335 e. The van der Waals surface area contributed by atoms with Crippen LogP contribution < -0.4 is 0 Å². The fourth-order valence-electron chi connectivity index (χ4n) is 1.64. The van der Waals surface area contributed by atoms with Gasteiger partial charge in [-0.25, -0.2) is 4.79 Å². The zero-order valence-electron chi connectivity index (χ0n) is 10.4. The molecule has 0 bridgehead atoms. The Balaban J connectivity index is 1.94. The van der Waals surface area contributed by atoms with E-state index in [9.17, 15) is 13.8 Å². The number of rotatable bonds is 6. The van der Waals surface area contributed by atoms with E-state index in [1.165, 1.54) is 23.5 Å². The third-order valence-corrected chi connectivity index (χ3v) is 4.77. The van der Waals surface area contributed by atoms with Gasteiger partial charge in [0.1, 0.15) is 0 Å². The van der Waals surface area contributed by atoms with Gasteiger partial charge in [0.2, 0.25) is 0 Å². The van der Waals surface area contributed by atoms with Gasteiger partial charge in [0.25, 0.3) is 0 Å². The minimum absolute atomic E-state index is 0.0127. The summed E-state index contributed by atoms with van der Waals surface area (Å²) in [7, 11) is -1.29. The molecule has 2 aromatic rings. The number of ketones is 1. The van der Waals surface area contributed by atoms with Gasteiger partial charge in [-0.3, -0.25) is 9.00 Å². The lowest BCUT2D eigenvalue weighted by molar-refractivity contribution is 0.0696. The summed E-state index contributed by atoms with van der Waals surface area (Å²) in [4.78, 5) is 23.1. The van der Waals surface area contributed by atoms with Crippen molar-refractivity contribution >= 4 is 33.9 Å². The van der Waals surface area contributed by atoms with Crippen LogP contribution in [0, 0.1) is 0 Å². The molecule has 0 aliphatic rings. The van der Waals surface area contributed by atoms with Crippen LogP contribution in [0.15, 0.2) is 41.8 Å². The van der Waals surface area contributed by atoms with Gasteiger partial charge in [-0.2, -0.15) is 0 Å². The van der Waals surface area contributed by atoms with E-state index in [0.29, 0.717) is 4.88 Å².